The molecule has 0 radical (unpaired) electrons. The number of hydrogen-bond donors (Lipinski definition) is 2. The van der Waals surface area contributed by atoms with Gasteiger partial charge in [0.25, 0.3) is 5.91 Å². The number of carbonyl (C=O) groups excluding carboxylic acids is 1. The number of aryl methyl sites for hydroxylation is 1. The van der Waals surface area contributed by atoms with Gasteiger partial charge in [-0.05, 0) is 60.8 Å². The smallest absolute Gasteiger partial charge is 0.487 e. The molecule has 2 rings (SSSR count). The van der Waals surface area contributed by atoms with Crippen molar-refractivity contribution in [1.82, 2.24) is 5.32 Å². The van der Waals surface area contributed by atoms with Crippen molar-refractivity contribution in [2.24, 2.45) is 0 Å². The molecule has 0 heterocycles. The molecule has 0 bridgehead atoms. The molecule has 0 aromatic heterocycles. The number of nitrogens with zero attached hydrogens (tertiary/aromatic N) is 1. The number of ether oxygens (including phenoxy) is 2. The van der Waals surface area contributed by atoms with Crippen LogP contribution in [0.2, 0.25) is 0 Å². The maximum atomic E-state index is 14.4. The number of nitriles is 1. The van der Waals surface area contributed by atoms with Gasteiger partial charge in [0.1, 0.15) is 12.4 Å². The summed E-state index contributed by atoms with van der Waals surface area (Å²) in [5, 5.41) is 21.4. The van der Waals surface area contributed by atoms with Crippen LogP contribution in [0.3, 0.4) is 0 Å². The van der Waals surface area contributed by atoms with Gasteiger partial charge in [-0.25, -0.2) is 4.39 Å². The summed E-state index contributed by atoms with van der Waals surface area (Å²) in [5.41, 5.74) is -0.452. The van der Waals surface area contributed by atoms with E-state index in [0.29, 0.717) is 17.4 Å². The van der Waals surface area contributed by atoms with Gasteiger partial charge in [0, 0.05) is 5.56 Å². The van der Waals surface area contributed by atoms with Crippen molar-refractivity contribution in [3.63, 3.8) is 0 Å². The van der Waals surface area contributed by atoms with Gasteiger partial charge in [0.15, 0.2) is 17.1 Å². The van der Waals surface area contributed by atoms with Gasteiger partial charge in [0.2, 0.25) is 0 Å². The lowest BCUT2D eigenvalue weighted by Crippen LogP contribution is -2.49. The van der Waals surface area contributed by atoms with Crippen molar-refractivity contribution in [1.29, 1.82) is 5.26 Å². The Bertz CT molecular complexity index is 993. The second kappa shape index (κ2) is 10.4. The quantitative estimate of drug-likeness (QED) is 0.451. The fraction of sp³-hybridized carbons (Fsp3) is 0.333. The normalized spacial score (nSPS) is 12.9. The molecule has 11 heteroatoms. The highest BCUT2D eigenvalue weighted by atomic mass is 19.4. The van der Waals surface area contributed by atoms with E-state index in [1.807, 2.05) is 13.0 Å². The predicted octanol–water partition coefficient (Wildman–Crippen LogP) is 2.74. The number of hydrogen-bond acceptors (Lipinski definition) is 5. The molecule has 0 spiro atoms. The molecular formula is C21H21BF4N2O4. The zero-order valence-electron chi connectivity index (χ0n) is 17.4. The summed E-state index contributed by atoms with van der Waals surface area (Å²) in [6.07, 6.45) is -3.53. The van der Waals surface area contributed by atoms with Crippen LogP contribution in [0.15, 0.2) is 36.4 Å². The Balaban J connectivity index is 2.09. The van der Waals surface area contributed by atoms with E-state index < -0.39 is 36.0 Å². The zero-order chi connectivity index (χ0) is 23.9. The Morgan fingerprint density at radius 1 is 1.25 bits per heavy atom. The maximum absolute atomic E-state index is 14.4. The minimum Gasteiger partial charge on any atom is -0.487 e. The molecule has 0 aliphatic carbocycles. The number of nitrogens with one attached hydrogen (secondary N) is 1. The number of amides is 1. The average Bonchev–Trinajstić information content (AvgIpc) is 2.72. The van der Waals surface area contributed by atoms with Crippen LogP contribution in [-0.2, 0) is 6.42 Å². The molecule has 0 saturated carbocycles. The third kappa shape index (κ3) is 6.88. The molecule has 1 unspecified atom stereocenters. The number of rotatable bonds is 9. The van der Waals surface area contributed by atoms with Crippen LogP contribution >= 0.6 is 0 Å². The summed E-state index contributed by atoms with van der Waals surface area (Å²) < 4.78 is 60.2. The summed E-state index contributed by atoms with van der Waals surface area (Å²) in [7, 11) is -0.313. The second-order valence-corrected chi connectivity index (χ2v) is 7.22. The molecule has 32 heavy (non-hydrogen) atoms. The first-order chi connectivity index (χ1) is 15.0. The molecule has 1 atom stereocenters. The molecule has 0 aliphatic rings. The molecular weight excluding hydrogens is 431 g/mol. The predicted molar refractivity (Wildman–Crippen MR) is 110 cm³/mol. The third-order valence-electron chi connectivity index (χ3n) is 4.45. The van der Waals surface area contributed by atoms with Crippen molar-refractivity contribution in [2.45, 2.75) is 38.6 Å². The summed E-state index contributed by atoms with van der Waals surface area (Å²) in [5.74, 6) is -2.09. The Labute approximate surface area is 183 Å². The number of alkyl halides is 3. The van der Waals surface area contributed by atoms with Gasteiger partial charge >= 0.3 is 13.8 Å². The molecule has 1 amide bonds. The van der Waals surface area contributed by atoms with Crippen molar-refractivity contribution in [3.05, 3.63) is 53.3 Å². The van der Waals surface area contributed by atoms with E-state index in [1.165, 1.54) is 19.1 Å². The van der Waals surface area contributed by atoms with Crippen LogP contribution in [0.5, 0.6) is 11.5 Å². The van der Waals surface area contributed by atoms with Crippen LogP contribution in [0.1, 0.15) is 36.2 Å². The summed E-state index contributed by atoms with van der Waals surface area (Å²) >= 11 is 0. The molecule has 170 valence electrons. The first-order valence-corrected chi connectivity index (χ1v) is 9.64. The molecule has 2 aromatic rings. The summed E-state index contributed by atoms with van der Waals surface area (Å²) in [4.78, 5) is 12.4. The van der Waals surface area contributed by atoms with E-state index in [9.17, 15) is 32.6 Å². The fourth-order valence-electron chi connectivity index (χ4n) is 2.85. The van der Waals surface area contributed by atoms with Gasteiger partial charge < -0.3 is 19.8 Å². The first-order valence-electron chi connectivity index (χ1n) is 9.64. The highest BCUT2D eigenvalue weighted by molar-refractivity contribution is 6.46. The summed E-state index contributed by atoms with van der Waals surface area (Å²) in [6.45, 7) is 2.85. The molecule has 0 fully saturated rings. The lowest BCUT2D eigenvalue weighted by Gasteiger charge is -2.24. The highest BCUT2D eigenvalue weighted by Gasteiger charge is 2.31. The molecule has 2 N–H and O–H groups in total. The van der Waals surface area contributed by atoms with Crippen LogP contribution in [0.4, 0.5) is 17.6 Å². The summed E-state index contributed by atoms with van der Waals surface area (Å²) in [6, 6.07) is 8.62. The van der Waals surface area contributed by atoms with Crippen LogP contribution < -0.4 is 20.3 Å². The van der Waals surface area contributed by atoms with Crippen molar-refractivity contribution in [2.75, 3.05) is 6.61 Å². The van der Waals surface area contributed by atoms with Crippen molar-refractivity contribution < 1.29 is 36.9 Å². The van der Waals surface area contributed by atoms with Crippen LogP contribution in [-0.4, -0.2) is 36.9 Å². The topological polar surface area (TPSA) is 91.6 Å². The van der Waals surface area contributed by atoms with Gasteiger partial charge in [0.05, 0.1) is 6.07 Å². The van der Waals surface area contributed by atoms with Crippen molar-refractivity contribution >= 4 is 18.9 Å². The average molecular weight is 452 g/mol. The van der Waals surface area contributed by atoms with E-state index >= 15 is 0 Å². The largest absolute Gasteiger partial charge is 0.573 e. The fourth-order valence-corrected chi connectivity index (χ4v) is 2.85. The monoisotopic (exact) mass is 452 g/mol. The Kier molecular flexibility index (Phi) is 8.11. The molecule has 0 aliphatic heterocycles. The van der Waals surface area contributed by atoms with E-state index in [2.05, 4.69) is 10.1 Å². The van der Waals surface area contributed by atoms with E-state index in [-0.39, 0.29) is 18.8 Å². The van der Waals surface area contributed by atoms with Crippen molar-refractivity contribution in [3.8, 4) is 17.6 Å². The van der Waals surface area contributed by atoms with E-state index in [0.717, 1.165) is 30.7 Å². The Hall–Kier alpha value is -3.26. The SMILES string of the molecule is CCCc1cc(F)c(OCC(C)(C#N)NC(=O)c2ccc(OC(F)(F)F)cc2)cc1BO. The maximum Gasteiger partial charge on any atom is 0.573 e. The Morgan fingerprint density at radius 2 is 1.91 bits per heavy atom. The minimum atomic E-state index is -4.86. The van der Waals surface area contributed by atoms with Crippen LogP contribution in [0, 0.1) is 17.1 Å². The Morgan fingerprint density at radius 3 is 2.44 bits per heavy atom. The van der Waals surface area contributed by atoms with E-state index in [4.69, 9.17) is 4.74 Å². The van der Waals surface area contributed by atoms with Gasteiger partial charge in [-0.3, -0.25) is 4.79 Å². The lowest BCUT2D eigenvalue weighted by molar-refractivity contribution is -0.274. The highest BCUT2D eigenvalue weighted by Crippen LogP contribution is 2.23. The van der Waals surface area contributed by atoms with Gasteiger partial charge in [-0.15, -0.1) is 13.2 Å². The first kappa shape index (κ1) is 25.0. The number of carbonyl (C=O) groups is 1. The standard InChI is InChI=1S/C21H21BF4N2O4/c1-3-4-14-9-17(23)18(10-16(14)22-30)31-12-20(2,11-27)28-19(29)13-5-7-15(8-6-13)32-21(24,25)26/h5-10,22,30H,3-4,12H2,1-2H3,(H,28,29). The minimum absolute atomic E-state index is 0.0151. The third-order valence-corrected chi connectivity index (χ3v) is 4.45. The molecule has 6 nitrogen and oxygen atoms in total. The number of benzene rings is 2. The lowest BCUT2D eigenvalue weighted by atomic mass is 9.82. The zero-order valence-corrected chi connectivity index (χ0v) is 17.4. The van der Waals surface area contributed by atoms with E-state index in [1.54, 1.807) is 0 Å². The number of halogens is 4. The van der Waals surface area contributed by atoms with Gasteiger partial charge in [-0.2, -0.15) is 5.26 Å². The second-order valence-electron chi connectivity index (χ2n) is 7.22. The molecule has 2 aromatic carbocycles. The molecule has 0 saturated heterocycles. The van der Waals surface area contributed by atoms with Crippen LogP contribution in [0.25, 0.3) is 0 Å². The van der Waals surface area contributed by atoms with Gasteiger partial charge in [-0.1, -0.05) is 13.3 Å².